The van der Waals surface area contributed by atoms with E-state index in [-0.39, 0.29) is 5.69 Å². The van der Waals surface area contributed by atoms with Gasteiger partial charge in [0.2, 0.25) is 0 Å². The normalized spacial score (nSPS) is 12.3. The molecule has 2 aromatic rings. The number of rotatable bonds is 3. The number of nitrogens with two attached hydrogens (primary N) is 1. The van der Waals surface area contributed by atoms with Crippen LogP contribution in [0, 0.1) is 5.82 Å². The lowest BCUT2D eigenvalue weighted by Gasteiger charge is -2.21. The fourth-order valence-electron chi connectivity index (χ4n) is 1.75. The molecule has 0 aliphatic heterocycles. The van der Waals surface area contributed by atoms with Gasteiger partial charge in [0.25, 0.3) is 0 Å². The maximum Gasteiger partial charge on any atom is 0.429 e. The summed E-state index contributed by atoms with van der Waals surface area (Å²) in [6, 6.07) is 5.85. The molecular formula is C14H9F6NO. The average molecular weight is 321 g/mol. The zero-order valence-electron chi connectivity index (χ0n) is 10.8. The van der Waals surface area contributed by atoms with E-state index in [1.165, 1.54) is 6.07 Å². The van der Waals surface area contributed by atoms with Gasteiger partial charge >= 0.3 is 12.3 Å². The van der Waals surface area contributed by atoms with E-state index in [1.54, 1.807) is 0 Å². The molecule has 2 rings (SSSR count). The minimum atomic E-state index is -4.95. The molecule has 0 fully saturated rings. The first kappa shape index (κ1) is 16.0. The Labute approximate surface area is 121 Å². The van der Waals surface area contributed by atoms with E-state index in [1.807, 2.05) is 0 Å². The lowest BCUT2D eigenvalue weighted by molar-refractivity contribution is -0.193. The van der Waals surface area contributed by atoms with E-state index < -0.39 is 35.0 Å². The quantitative estimate of drug-likeness (QED) is 0.665. The Morgan fingerprint density at radius 3 is 2.09 bits per heavy atom. The van der Waals surface area contributed by atoms with Crippen LogP contribution in [-0.4, -0.2) is 0 Å². The standard InChI is InChI=1S/C14H9F6NO/c15-11-4-2-1-3-9(11)14(19,20)22-12-6-5-8(21)7-10(12)13(16,17)18/h1-7H,21H2. The van der Waals surface area contributed by atoms with Crippen LogP contribution < -0.4 is 10.5 Å². The summed E-state index contributed by atoms with van der Waals surface area (Å²) in [6.45, 7) is 0. The lowest BCUT2D eigenvalue weighted by Crippen LogP contribution is -2.25. The maximum atomic E-state index is 13.9. The molecule has 118 valence electrons. The van der Waals surface area contributed by atoms with Crippen LogP contribution in [0.3, 0.4) is 0 Å². The smallest absolute Gasteiger partial charge is 0.428 e. The molecule has 0 aromatic heterocycles. The van der Waals surface area contributed by atoms with Gasteiger partial charge in [0, 0.05) is 5.69 Å². The van der Waals surface area contributed by atoms with Gasteiger partial charge in [0.15, 0.2) is 0 Å². The monoisotopic (exact) mass is 321 g/mol. The molecule has 0 bridgehead atoms. The minimum absolute atomic E-state index is 0.270. The van der Waals surface area contributed by atoms with E-state index in [0.29, 0.717) is 12.1 Å². The topological polar surface area (TPSA) is 35.2 Å². The fraction of sp³-hybridized carbons (Fsp3) is 0.143. The Kier molecular flexibility index (Phi) is 3.95. The maximum absolute atomic E-state index is 13.9. The third-order valence-corrected chi connectivity index (χ3v) is 2.73. The van der Waals surface area contributed by atoms with Crippen molar-refractivity contribution in [2.24, 2.45) is 0 Å². The van der Waals surface area contributed by atoms with Gasteiger partial charge in [-0.1, -0.05) is 12.1 Å². The third-order valence-electron chi connectivity index (χ3n) is 2.73. The van der Waals surface area contributed by atoms with Crippen molar-refractivity contribution >= 4 is 5.69 Å². The van der Waals surface area contributed by atoms with E-state index in [9.17, 15) is 26.3 Å². The number of hydrogen-bond donors (Lipinski definition) is 1. The number of alkyl halides is 5. The summed E-state index contributed by atoms with van der Waals surface area (Å²) in [5.74, 6) is -2.44. The van der Waals surface area contributed by atoms with Gasteiger partial charge in [-0.25, -0.2) is 4.39 Å². The van der Waals surface area contributed by atoms with Crippen LogP contribution in [0.5, 0.6) is 5.75 Å². The van der Waals surface area contributed by atoms with Gasteiger partial charge in [0.05, 0.1) is 11.1 Å². The largest absolute Gasteiger partial charge is 0.429 e. The second-order valence-corrected chi connectivity index (χ2v) is 4.35. The van der Waals surface area contributed by atoms with E-state index in [2.05, 4.69) is 4.74 Å². The summed E-state index contributed by atoms with van der Waals surface area (Å²) in [6.07, 6.45) is -9.22. The molecule has 22 heavy (non-hydrogen) atoms. The van der Waals surface area contributed by atoms with E-state index >= 15 is 0 Å². The molecule has 0 aliphatic carbocycles. The molecule has 0 unspecified atom stereocenters. The highest BCUT2D eigenvalue weighted by Crippen LogP contribution is 2.41. The molecule has 0 heterocycles. The molecule has 0 amide bonds. The van der Waals surface area contributed by atoms with E-state index in [0.717, 1.165) is 24.3 Å². The van der Waals surface area contributed by atoms with Crippen molar-refractivity contribution in [3.05, 3.63) is 59.4 Å². The molecule has 0 atom stereocenters. The average Bonchev–Trinajstić information content (AvgIpc) is 2.39. The van der Waals surface area contributed by atoms with Crippen LogP contribution in [0.2, 0.25) is 0 Å². The zero-order chi connectivity index (χ0) is 16.5. The second kappa shape index (κ2) is 5.43. The number of nitrogen functional groups attached to an aromatic ring is 1. The van der Waals surface area contributed by atoms with Crippen LogP contribution in [-0.2, 0) is 12.3 Å². The van der Waals surface area contributed by atoms with Crippen LogP contribution in [0.4, 0.5) is 32.0 Å². The predicted octanol–water partition coefficient (Wildman–Crippen LogP) is 4.56. The Balaban J connectivity index is 2.44. The highest BCUT2D eigenvalue weighted by molar-refractivity contribution is 5.49. The number of anilines is 1. The first-order valence-electron chi connectivity index (χ1n) is 5.90. The number of benzene rings is 2. The molecule has 0 aliphatic rings. The van der Waals surface area contributed by atoms with Gasteiger partial charge in [-0.15, -0.1) is 0 Å². The third kappa shape index (κ3) is 3.26. The molecule has 2 N–H and O–H groups in total. The Morgan fingerprint density at radius 1 is 0.864 bits per heavy atom. The number of halogens is 6. The first-order chi connectivity index (χ1) is 10.1. The van der Waals surface area contributed by atoms with Crippen LogP contribution in [0.25, 0.3) is 0 Å². The number of ether oxygens (including phenoxy) is 1. The first-order valence-corrected chi connectivity index (χ1v) is 5.90. The van der Waals surface area contributed by atoms with Crippen LogP contribution in [0.1, 0.15) is 11.1 Å². The summed E-state index contributed by atoms with van der Waals surface area (Å²) in [5, 5.41) is 0. The Morgan fingerprint density at radius 2 is 1.50 bits per heavy atom. The van der Waals surface area contributed by atoms with Crippen molar-refractivity contribution in [1.82, 2.24) is 0 Å². The highest BCUT2D eigenvalue weighted by atomic mass is 19.4. The molecule has 0 saturated heterocycles. The molecule has 2 aromatic carbocycles. The van der Waals surface area contributed by atoms with Gasteiger partial charge < -0.3 is 10.5 Å². The summed E-state index contributed by atoms with van der Waals surface area (Å²) < 4.78 is 83.8. The second-order valence-electron chi connectivity index (χ2n) is 4.35. The minimum Gasteiger partial charge on any atom is -0.428 e. The number of hydrogen-bond acceptors (Lipinski definition) is 2. The molecular weight excluding hydrogens is 312 g/mol. The Hall–Kier alpha value is -2.38. The summed E-state index contributed by atoms with van der Waals surface area (Å²) in [5.41, 5.74) is 2.31. The SMILES string of the molecule is Nc1ccc(OC(F)(F)c2ccccc2F)c(C(F)(F)F)c1. The van der Waals surface area contributed by atoms with E-state index in [4.69, 9.17) is 5.73 Å². The predicted molar refractivity (Wildman–Crippen MR) is 66.8 cm³/mol. The van der Waals surface area contributed by atoms with Crippen molar-refractivity contribution < 1.29 is 31.1 Å². The molecule has 0 radical (unpaired) electrons. The summed E-state index contributed by atoms with van der Waals surface area (Å²) in [7, 11) is 0. The summed E-state index contributed by atoms with van der Waals surface area (Å²) >= 11 is 0. The van der Waals surface area contributed by atoms with Gasteiger partial charge in [-0.3, -0.25) is 0 Å². The fourth-order valence-corrected chi connectivity index (χ4v) is 1.75. The molecule has 0 spiro atoms. The van der Waals surface area contributed by atoms with Crippen LogP contribution in [0.15, 0.2) is 42.5 Å². The zero-order valence-corrected chi connectivity index (χ0v) is 10.8. The van der Waals surface area contributed by atoms with Crippen molar-refractivity contribution in [2.45, 2.75) is 12.3 Å². The highest BCUT2D eigenvalue weighted by Gasteiger charge is 2.41. The molecule has 8 heteroatoms. The summed E-state index contributed by atoms with van der Waals surface area (Å²) in [4.78, 5) is 0. The van der Waals surface area contributed by atoms with Gasteiger partial charge in [0.1, 0.15) is 11.6 Å². The van der Waals surface area contributed by atoms with Gasteiger partial charge in [-0.05, 0) is 30.3 Å². The van der Waals surface area contributed by atoms with Crippen molar-refractivity contribution in [3.8, 4) is 5.75 Å². The Bertz CT molecular complexity index is 683. The van der Waals surface area contributed by atoms with Crippen LogP contribution >= 0.6 is 0 Å². The van der Waals surface area contributed by atoms with Crippen molar-refractivity contribution in [1.29, 1.82) is 0 Å². The van der Waals surface area contributed by atoms with Crippen molar-refractivity contribution in [3.63, 3.8) is 0 Å². The van der Waals surface area contributed by atoms with Crippen molar-refractivity contribution in [2.75, 3.05) is 5.73 Å². The molecule has 0 saturated carbocycles. The van der Waals surface area contributed by atoms with Gasteiger partial charge in [-0.2, -0.15) is 22.0 Å². The molecule has 2 nitrogen and oxygen atoms in total. The lowest BCUT2D eigenvalue weighted by atomic mass is 10.1.